The van der Waals surface area contributed by atoms with Crippen LogP contribution < -0.4 is 10.1 Å². The van der Waals surface area contributed by atoms with E-state index in [9.17, 15) is 14.9 Å². The Labute approximate surface area is 144 Å². The molecular formula is C17H19N3O5. The number of amides is 1. The minimum absolute atomic E-state index is 0.00381. The van der Waals surface area contributed by atoms with E-state index in [1.165, 1.54) is 19.6 Å². The minimum atomic E-state index is -0.414. The topological polar surface area (TPSA) is 97.8 Å². The first-order valence-corrected chi connectivity index (χ1v) is 7.94. The largest absolute Gasteiger partial charge is 0.490 e. The molecule has 1 aliphatic heterocycles. The van der Waals surface area contributed by atoms with Gasteiger partial charge in [0.2, 0.25) is 0 Å². The molecule has 1 aromatic carbocycles. The average molecular weight is 345 g/mol. The van der Waals surface area contributed by atoms with Crippen LogP contribution in [0, 0.1) is 10.1 Å². The van der Waals surface area contributed by atoms with Gasteiger partial charge in [0.1, 0.15) is 6.26 Å². The third kappa shape index (κ3) is 3.80. The van der Waals surface area contributed by atoms with Crippen LogP contribution in [0.15, 0.2) is 41.2 Å². The minimum Gasteiger partial charge on any atom is -0.490 e. The monoisotopic (exact) mass is 345 g/mol. The maximum Gasteiger partial charge on any atom is 0.315 e. The molecule has 132 valence electrons. The average Bonchev–Trinajstić information content (AvgIpc) is 3.26. The van der Waals surface area contributed by atoms with Crippen molar-refractivity contribution in [2.45, 2.75) is 19.0 Å². The van der Waals surface area contributed by atoms with Gasteiger partial charge < -0.3 is 14.5 Å². The molecule has 1 aliphatic rings. The van der Waals surface area contributed by atoms with Gasteiger partial charge in [0.15, 0.2) is 5.75 Å². The lowest BCUT2D eigenvalue weighted by Gasteiger charge is -2.17. The van der Waals surface area contributed by atoms with Crippen molar-refractivity contribution in [3.05, 3.63) is 58.0 Å². The van der Waals surface area contributed by atoms with E-state index in [2.05, 4.69) is 10.2 Å². The van der Waals surface area contributed by atoms with E-state index in [1.807, 2.05) is 0 Å². The van der Waals surface area contributed by atoms with Crippen molar-refractivity contribution < 1.29 is 18.9 Å². The lowest BCUT2D eigenvalue weighted by atomic mass is 10.1. The molecule has 1 N–H and O–H groups in total. The number of nitro benzene ring substituents is 1. The number of hydrogen-bond acceptors (Lipinski definition) is 6. The highest BCUT2D eigenvalue weighted by Gasteiger charge is 2.28. The number of benzene rings is 1. The Bertz CT molecular complexity index is 760. The Morgan fingerprint density at radius 2 is 2.32 bits per heavy atom. The molecule has 1 saturated heterocycles. The van der Waals surface area contributed by atoms with Gasteiger partial charge in [-0.05, 0) is 18.6 Å². The molecule has 0 aliphatic carbocycles. The zero-order valence-corrected chi connectivity index (χ0v) is 13.8. The van der Waals surface area contributed by atoms with E-state index < -0.39 is 4.92 Å². The maximum absolute atomic E-state index is 12.1. The van der Waals surface area contributed by atoms with E-state index in [-0.39, 0.29) is 23.4 Å². The number of rotatable bonds is 6. The molecule has 1 aromatic heterocycles. The van der Waals surface area contributed by atoms with Gasteiger partial charge in [-0.1, -0.05) is 12.1 Å². The van der Waals surface area contributed by atoms with Crippen molar-refractivity contribution >= 4 is 11.6 Å². The number of ether oxygens (including phenoxy) is 1. The molecular weight excluding hydrogens is 326 g/mol. The van der Waals surface area contributed by atoms with Crippen LogP contribution in [0.3, 0.4) is 0 Å². The van der Waals surface area contributed by atoms with Crippen LogP contribution in [-0.2, 0) is 6.54 Å². The van der Waals surface area contributed by atoms with Crippen LogP contribution in [0.25, 0.3) is 0 Å². The molecule has 8 nitrogen and oxygen atoms in total. The molecule has 1 atom stereocenters. The summed E-state index contributed by atoms with van der Waals surface area (Å²) in [4.78, 5) is 25.1. The Morgan fingerprint density at radius 1 is 1.48 bits per heavy atom. The van der Waals surface area contributed by atoms with E-state index in [0.717, 1.165) is 13.0 Å². The quantitative estimate of drug-likeness (QED) is 0.637. The number of furan rings is 1. The summed E-state index contributed by atoms with van der Waals surface area (Å²) in [6, 6.07) is 6.68. The summed E-state index contributed by atoms with van der Waals surface area (Å²) in [5.74, 6) is 0.0828. The van der Waals surface area contributed by atoms with Crippen molar-refractivity contribution in [1.82, 2.24) is 10.2 Å². The van der Waals surface area contributed by atoms with Crippen molar-refractivity contribution in [2.24, 2.45) is 0 Å². The Kier molecular flexibility index (Phi) is 4.99. The highest BCUT2D eigenvalue weighted by atomic mass is 16.6. The summed E-state index contributed by atoms with van der Waals surface area (Å²) in [6.07, 6.45) is 3.65. The third-order valence-electron chi connectivity index (χ3n) is 4.27. The van der Waals surface area contributed by atoms with Crippen LogP contribution >= 0.6 is 0 Å². The van der Waals surface area contributed by atoms with Gasteiger partial charge in [-0.15, -0.1) is 0 Å². The second-order valence-corrected chi connectivity index (χ2v) is 5.93. The normalized spacial score (nSPS) is 17.4. The summed E-state index contributed by atoms with van der Waals surface area (Å²) >= 11 is 0. The summed E-state index contributed by atoms with van der Waals surface area (Å²) < 4.78 is 10.0. The van der Waals surface area contributed by atoms with Gasteiger partial charge >= 0.3 is 5.69 Å². The predicted octanol–water partition coefficient (Wildman–Crippen LogP) is 2.20. The van der Waals surface area contributed by atoms with Gasteiger partial charge in [-0.25, -0.2) is 0 Å². The Balaban J connectivity index is 1.64. The van der Waals surface area contributed by atoms with Crippen molar-refractivity contribution in [3.63, 3.8) is 0 Å². The number of hydrogen-bond donors (Lipinski definition) is 1. The number of likely N-dealkylation sites (tertiary alicyclic amines) is 1. The van der Waals surface area contributed by atoms with Gasteiger partial charge in [0.25, 0.3) is 5.91 Å². The number of carbonyl (C=O) groups is 1. The molecule has 8 heteroatoms. The van der Waals surface area contributed by atoms with Crippen molar-refractivity contribution in [2.75, 3.05) is 20.2 Å². The first-order valence-electron chi connectivity index (χ1n) is 7.94. The van der Waals surface area contributed by atoms with Crippen LogP contribution in [0.4, 0.5) is 5.69 Å². The molecule has 3 rings (SSSR count). The molecule has 1 fully saturated rings. The molecule has 0 spiro atoms. The lowest BCUT2D eigenvalue weighted by molar-refractivity contribution is -0.386. The second kappa shape index (κ2) is 7.35. The smallest absolute Gasteiger partial charge is 0.315 e. The predicted molar refractivity (Wildman–Crippen MR) is 89.5 cm³/mol. The van der Waals surface area contributed by atoms with Gasteiger partial charge in [-0.3, -0.25) is 19.8 Å². The van der Waals surface area contributed by atoms with E-state index in [4.69, 9.17) is 9.15 Å². The molecule has 0 saturated carbocycles. The molecule has 0 bridgehead atoms. The van der Waals surface area contributed by atoms with Gasteiger partial charge in [0.05, 0.1) is 23.9 Å². The number of para-hydroxylation sites is 1. The van der Waals surface area contributed by atoms with Crippen LogP contribution in [0.2, 0.25) is 0 Å². The summed E-state index contributed by atoms with van der Waals surface area (Å²) in [5.41, 5.74) is 1.09. The maximum atomic E-state index is 12.1. The summed E-state index contributed by atoms with van der Waals surface area (Å²) in [5, 5.41) is 14.3. The molecule has 1 unspecified atom stereocenters. The van der Waals surface area contributed by atoms with Crippen molar-refractivity contribution in [3.8, 4) is 5.75 Å². The zero-order chi connectivity index (χ0) is 17.8. The molecule has 2 aromatic rings. The lowest BCUT2D eigenvalue weighted by Crippen LogP contribution is -2.36. The standard InChI is InChI=1S/C17H19N3O5/c1-24-15-4-2-3-12(16(15)20(22)23)9-19-7-5-14(10-19)18-17(21)13-6-8-25-11-13/h2-4,6,8,11,14H,5,7,9-10H2,1H3,(H,18,21). The van der Waals surface area contributed by atoms with E-state index in [1.54, 1.807) is 24.3 Å². The fraction of sp³-hybridized carbons (Fsp3) is 0.353. The van der Waals surface area contributed by atoms with Crippen LogP contribution in [0.5, 0.6) is 5.75 Å². The number of carbonyl (C=O) groups excluding carboxylic acids is 1. The number of nitrogens with zero attached hydrogens (tertiary/aromatic N) is 2. The number of nitro groups is 1. The Hall–Kier alpha value is -2.87. The van der Waals surface area contributed by atoms with E-state index in [0.29, 0.717) is 24.2 Å². The van der Waals surface area contributed by atoms with Gasteiger partial charge in [0, 0.05) is 31.2 Å². The molecule has 2 heterocycles. The number of methoxy groups -OCH3 is 1. The molecule has 0 radical (unpaired) electrons. The third-order valence-corrected chi connectivity index (χ3v) is 4.27. The fourth-order valence-corrected chi connectivity index (χ4v) is 3.06. The van der Waals surface area contributed by atoms with Crippen molar-refractivity contribution in [1.29, 1.82) is 0 Å². The first-order chi connectivity index (χ1) is 12.1. The summed E-state index contributed by atoms with van der Waals surface area (Å²) in [7, 11) is 1.42. The van der Waals surface area contributed by atoms with E-state index >= 15 is 0 Å². The highest BCUT2D eigenvalue weighted by molar-refractivity contribution is 5.93. The fourth-order valence-electron chi connectivity index (χ4n) is 3.06. The first kappa shape index (κ1) is 17.0. The zero-order valence-electron chi connectivity index (χ0n) is 13.8. The van der Waals surface area contributed by atoms with Crippen LogP contribution in [-0.4, -0.2) is 42.0 Å². The van der Waals surface area contributed by atoms with Crippen LogP contribution in [0.1, 0.15) is 22.3 Å². The number of nitrogens with one attached hydrogen (secondary N) is 1. The Morgan fingerprint density at radius 3 is 3.00 bits per heavy atom. The molecule has 1 amide bonds. The SMILES string of the molecule is COc1cccc(CN2CCC(NC(=O)c3ccoc3)C2)c1[N+](=O)[O-]. The molecule has 25 heavy (non-hydrogen) atoms. The highest BCUT2D eigenvalue weighted by Crippen LogP contribution is 2.31. The summed E-state index contributed by atoms with van der Waals surface area (Å²) in [6.45, 7) is 1.83. The second-order valence-electron chi connectivity index (χ2n) is 5.93. The van der Waals surface area contributed by atoms with Gasteiger partial charge in [-0.2, -0.15) is 0 Å².